The van der Waals surface area contributed by atoms with E-state index in [9.17, 15) is 9.59 Å². The summed E-state index contributed by atoms with van der Waals surface area (Å²) >= 11 is 15.2. The summed E-state index contributed by atoms with van der Waals surface area (Å²) in [6.07, 6.45) is 0. The molecule has 3 aromatic rings. The van der Waals surface area contributed by atoms with Crippen molar-refractivity contribution >= 4 is 61.7 Å². The van der Waals surface area contributed by atoms with Crippen molar-refractivity contribution in [2.75, 3.05) is 13.2 Å². The SMILES string of the molecule is O=C(COc1ccc(Cl)cc1Cl)NNC(=O)COc1ccc2ccccc2c1Br. The minimum atomic E-state index is -0.559. The molecule has 0 aromatic heterocycles. The van der Waals surface area contributed by atoms with Crippen LogP contribution < -0.4 is 20.3 Å². The molecule has 0 unspecified atom stereocenters. The molecule has 0 saturated heterocycles. The van der Waals surface area contributed by atoms with Gasteiger partial charge in [-0.05, 0) is 51.0 Å². The number of hydrogen-bond donors (Lipinski definition) is 2. The molecule has 0 aliphatic heterocycles. The lowest BCUT2D eigenvalue weighted by Gasteiger charge is -2.12. The Bertz CT molecular complexity index is 1060. The molecule has 29 heavy (non-hydrogen) atoms. The minimum Gasteiger partial charge on any atom is -0.483 e. The van der Waals surface area contributed by atoms with Gasteiger partial charge in [0.25, 0.3) is 11.8 Å². The normalized spacial score (nSPS) is 10.4. The van der Waals surface area contributed by atoms with E-state index in [4.69, 9.17) is 32.7 Å². The zero-order valence-electron chi connectivity index (χ0n) is 14.9. The van der Waals surface area contributed by atoms with E-state index in [0.717, 1.165) is 15.2 Å². The Balaban J connectivity index is 1.45. The van der Waals surface area contributed by atoms with Gasteiger partial charge in [0.2, 0.25) is 0 Å². The summed E-state index contributed by atoms with van der Waals surface area (Å²) in [6, 6.07) is 16.1. The summed E-state index contributed by atoms with van der Waals surface area (Å²) in [4.78, 5) is 23.7. The number of benzene rings is 3. The monoisotopic (exact) mass is 496 g/mol. The lowest BCUT2D eigenvalue weighted by atomic mass is 10.1. The zero-order valence-corrected chi connectivity index (χ0v) is 18.0. The van der Waals surface area contributed by atoms with Crippen LogP contribution in [0.25, 0.3) is 10.8 Å². The molecule has 0 bridgehead atoms. The van der Waals surface area contributed by atoms with E-state index in [1.165, 1.54) is 6.07 Å². The zero-order chi connectivity index (χ0) is 20.8. The minimum absolute atomic E-state index is 0.277. The molecule has 0 spiro atoms. The van der Waals surface area contributed by atoms with Crippen molar-refractivity contribution in [2.24, 2.45) is 0 Å². The van der Waals surface area contributed by atoms with E-state index in [0.29, 0.717) is 16.5 Å². The highest BCUT2D eigenvalue weighted by atomic mass is 79.9. The predicted octanol–water partition coefficient (Wildman–Crippen LogP) is 4.51. The smallest absolute Gasteiger partial charge is 0.276 e. The molecular formula is C20H15BrCl2N2O4. The second-order valence-corrected chi connectivity index (χ2v) is 7.48. The van der Waals surface area contributed by atoms with Crippen molar-refractivity contribution in [3.05, 3.63) is 69.1 Å². The Kier molecular flexibility index (Phi) is 7.19. The Morgan fingerprint density at radius 1 is 0.862 bits per heavy atom. The summed E-state index contributed by atoms with van der Waals surface area (Å²) in [5, 5.41) is 2.75. The number of ether oxygens (including phenoxy) is 2. The van der Waals surface area contributed by atoms with E-state index in [2.05, 4.69) is 26.8 Å². The highest BCUT2D eigenvalue weighted by Gasteiger charge is 2.10. The average molecular weight is 498 g/mol. The molecule has 0 atom stereocenters. The highest BCUT2D eigenvalue weighted by Crippen LogP contribution is 2.33. The second kappa shape index (κ2) is 9.82. The molecule has 0 radical (unpaired) electrons. The molecular weight excluding hydrogens is 483 g/mol. The van der Waals surface area contributed by atoms with Crippen molar-refractivity contribution in [2.45, 2.75) is 0 Å². The van der Waals surface area contributed by atoms with Gasteiger partial charge in [0.15, 0.2) is 13.2 Å². The van der Waals surface area contributed by atoms with Crippen LogP contribution in [0.15, 0.2) is 59.1 Å². The third kappa shape index (κ3) is 5.76. The van der Waals surface area contributed by atoms with Crippen LogP contribution in [-0.4, -0.2) is 25.0 Å². The fourth-order valence-electron chi connectivity index (χ4n) is 2.42. The van der Waals surface area contributed by atoms with Crippen LogP contribution in [-0.2, 0) is 9.59 Å². The molecule has 3 aromatic carbocycles. The average Bonchev–Trinajstić information content (AvgIpc) is 2.71. The van der Waals surface area contributed by atoms with Gasteiger partial charge in [-0.3, -0.25) is 20.4 Å². The number of hydrazine groups is 1. The van der Waals surface area contributed by atoms with Gasteiger partial charge < -0.3 is 9.47 Å². The molecule has 0 fully saturated rings. The first-order valence-corrected chi connectivity index (χ1v) is 9.94. The van der Waals surface area contributed by atoms with Gasteiger partial charge in [-0.25, -0.2) is 0 Å². The van der Waals surface area contributed by atoms with Crippen LogP contribution in [0, 0.1) is 0 Å². The van der Waals surface area contributed by atoms with E-state index in [-0.39, 0.29) is 18.2 Å². The lowest BCUT2D eigenvalue weighted by Crippen LogP contribution is -2.45. The maximum atomic E-state index is 11.9. The number of nitrogens with one attached hydrogen (secondary N) is 2. The number of halogens is 3. The van der Waals surface area contributed by atoms with Crippen LogP contribution in [0.1, 0.15) is 0 Å². The molecule has 2 N–H and O–H groups in total. The van der Waals surface area contributed by atoms with Gasteiger partial charge in [0.05, 0.1) is 9.50 Å². The Morgan fingerprint density at radius 3 is 2.17 bits per heavy atom. The molecule has 6 nitrogen and oxygen atoms in total. The predicted molar refractivity (Wildman–Crippen MR) is 115 cm³/mol. The number of carbonyl (C=O) groups excluding carboxylic acids is 2. The van der Waals surface area contributed by atoms with Crippen LogP contribution in [0.3, 0.4) is 0 Å². The third-order valence-electron chi connectivity index (χ3n) is 3.78. The maximum absolute atomic E-state index is 11.9. The number of carbonyl (C=O) groups is 2. The molecule has 0 aliphatic carbocycles. The summed E-state index contributed by atoms with van der Waals surface area (Å²) < 4.78 is 11.6. The molecule has 3 rings (SSSR count). The fraction of sp³-hybridized carbons (Fsp3) is 0.100. The lowest BCUT2D eigenvalue weighted by molar-refractivity contribution is -0.131. The van der Waals surface area contributed by atoms with Gasteiger partial charge in [0.1, 0.15) is 11.5 Å². The van der Waals surface area contributed by atoms with Crippen molar-refractivity contribution in [3.63, 3.8) is 0 Å². The van der Waals surface area contributed by atoms with Gasteiger partial charge >= 0.3 is 0 Å². The van der Waals surface area contributed by atoms with Gasteiger partial charge in [0, 0.05) is 5.02 Å². The van der Waals surface area contributed by atoms with Crippen LogP contribution in [0.5, 0.6) is 11.5 Å². The summed E-state index contributed by atoms with van der Waals surface area (Å²) in [5.74, 6) is -0.257. The number of hydrogen-bond acceptors (Lipinski definition) is 4. The topological polar surface area (TPSA) is 76.7 Å². The molecule has 2 amide bonds. The van der Waals surface area contributed by atoms with Gasteiger partial charge in [-0.1, -0.05) is 53.5 Å². The Labute approximate surface area is 185 Å². The van der Waals surface area contributed by atoms with Crippen LogP contribution >= 0.6 is 39.1 Å². The fourth-order valence-corrected chi connectivity index (χ4v) is 3.49. The van der Waals surface area contributed by atoms with Crippen molar-refractivity contribution < 1.29 is 19.1 Å². The molecule has 0 saturated carbocycles. The quantitative estimate of drug-likeness (QED) is 0.491. The van der Waals surface area contributed by atoms with E-state index in [1.807, 2.05) is 30.3 Å². The second-order valence-electron chi connectivity index (χ2n) is 5.85. The largest absolute Gasteiger partial charge is 0.483 e. The van der Waals surface area contributed by atoms with Gasteiger partial charge in [-0.2, -0.15) is 0 Å². The first-order chi connectivity index (χ1) is 13.9. The number of amides is 2. The standard InChI is InChI=1S/C20H15BrCl2N2O4/c21-20-14-4-2-1-3-12(14)5-7-17(20)29-11-19(27)25-24-18(26)10-28-16-8-6-13(22)9-15(16)23/h1-9H,10-11H2,(H,24,26)(H,25,27). The van der Waals surface area contributed by atoms with Crippen molar-refractivity contribution in [1.29, 1.82) is 0 Å². The Morgan fingerprint density at radius 2 is 1.48 bits per heavy atom. The van der Waals surface area contributed by atoms with Gasteiger partial charge in [-0.15, -0.1) is 0 Å². The maximum Gasteiger partial charge on any atom is 0.276 e. The van der Waals surface area contributed by atoms with Crippen LogP contribution in [0.2, 0.25) is 10.0 Å². The molecule has 150 valence electrons. The number of rotatable bonds is 6. The summed E-state index contributed by atoms with van der Waals surface area (Å²) in [7, 11) is 0. The van der Waals surface area contributed by atoms with E-state index in [1.54, 1.807) is 18.2 Å². The molecule has 0 heterocycles. The van der Waals surface area contributed by atoms with E-state index >= 15 is 0 Å². The summed E-state index contributed by atoms with van der Waals surface area (Å²) in [6.45, 7) is -0.611. The van der Waals surface area contributed by atoms with Crippen LogP contribution in [0.4, 0.5) is 0 Å². The summed E-state index contributed by atoms with van der Waals surface area (Å²) in [5.41, 5.74) is 4.50. The van der Waals surface area contributed by atoms with Crippen molar-refractivity contribution in [1.82, 2.24) is 10.9 Å². The molecule has 9 heteroatoms. The third-order valence-corrected chi connectivity index (χ3v) is 5.13. The van der Waals surface area contributed by atoms with E-state index < -0.39 is 11.8 Å². The molecule has 0 aliphatic rings. The highest BCUT2D eigenvalue weighted by molar-refractivity contribution is 9.10. The van der Waals surface area contributed by atoms with Crippen molar-refractivity contribution in [3.8, 4) is 11.5 Å². The first-order valence-electron chi connectivity index (χ1n) is 8.39. The number of fused-ring (bicyclic) bond motifs is 1. The first kappa shape index (κ1) is 21.2. The Hall–Kier alpha value is -2.48.